The van der Waals surface area contributed by atoms with E-state index in [-0.39, 0.29) is 5.24 Å². The zero-order valence-electron chi connectivity index (χ0n) is 4.40. The third kappa shape index (κ3) is 2.03. The van der Waals surface area contributed by atoms with Gasteiger partial charge in [0, 0.05) is 0 Å². The number of nitrogens with two attached hydrogens (primary N) is 1. The van der Waals surface area contributed by atoms with Crippen LogP contribution in [0.3, 0.4) is 0 Å². The molecule has 1 amide bonds. The largest absolute Gasteiger partial charge is 0.360 e. The van der Waals surface area contributed by atoms with Crippen LogP contribution in [0.4, 0.5) is 4.79 Å². The second-order valence-electron chi connectivity index (χ2n) is 1.24. The van der Waals surface area contributed by atoms with E-state index in [0.717, 1.165) is 16.0 Å². The lowest BCUT2D eigenvalue weighted by molar-refractivity contribution is 0.267. The number of aromatic nitrogens is 1. The molecule has 0 saturated carbocycles. The third-order valence-electron chi connectivity index (χ3n) is 0.611. The average Bonchev–Trinajstić information content (AvgIpc) is 2.15. The molecule has 0 unspecified atom stereocenters. The first kappa shape index (κ1) is 6.57. The molecule has 0 bridgehead atoms. The van der Waals surface area contributed by atoms with Gasteiger partial charge in [-0.15, -0.1) is 11.3 Å². The molecule has 1 rings (SSSR count). The number of hydrogen-bond acceptors (Lipinski definition) is 4. The quantitative estimate of drug-likeness (QED) is 0.630. The summed E-state index contributed by atoms with van der Waals surface area (Å²) in [5.41, 5.74) is 6.54. The van der Waals surface area contributed by atoms with Crippen LogP contribution < -0.4 is 5.73 Å². The van der Waals surface area contributed by atoms with Crippen molar-refractivity contribution in [2.24, 2.45) is 5.73 Å². The topological polar surface area (TPSA) is 56.0 Å². The molecule has 2 N–H and O–H groups in total. The van der Waals surface area contributed by atoms with Crippen molar-refractivity contribution in [3.05, 3.63) is 11.7 Å². The highest BCUT2D eigenvalue weighted by Crippen LogP contribution is 2.20. The number of primary amides is 1. The molecule has 0 radical (unpaired) electrons. The van der Waals surface area contributed by atoms with Crippen molar-refractivity contribution in [2.45, 2.75) is 4.21 Å². The Labute approximate surface area is 60.3 Å². The minimum atomic E-state index is -0.390. The fourth-order valence-electron chi connectivity index (χ4n) is 0.354. The number of nitrogens with zero attached hydrogens (tertiary/aromatic N) is 1. The van der Waals surface area contributed by atoms with E-state index >= 15 is 0 Å². The van der Waals surface area contributed by atoms with E-state index < -0.39 is 0 Å². The number of thioether (sulfide) groups is 1. The van der Waals surface area contributed by atoms with Gasteiger partial charge in [0.2, 0.25) is 0 Å². The van der Waals surface area contributed by atoms with E-state index in [1.165, 1.54) is 11.3 Å². The van der Waals surface area contributed by atoms with E-state index in [0.29, 0.717) is 0 Å². The van der Waals surface area contributed by atoms with Crippen LogP contribution in [-0.2, 0) is 0 Å². The zero-order chi connectivity index (χ0) is 6.69. The molecule has 0 aliphatic rings. The van der Waals surface area contributed by atoms with E-state index in [9.17, 15) is 4.79 Å². The first-order valence-corrected chi connectivity index (χ1v) is 3.84. The number of carbonyl (C=O) groups excluding carboxylic acids is 1. The van der Waals surface area contributed by atoms with Gasteiger partial charge in [0.25, 0.3) is 5.24 Å². The zero-order valence-corrected chi connectivity index (χ0v) is 6.04. The monoisotopic (exact) mass is 160 g/mol. The number of carbonyl (C=O) groups is 1. The third-order valence-corrected chi connectivity index (χ3v) is 2.22. The highest BCUT2D eigenvalue weighted by Gasteiger charge is 1.98. The van der Waals surface area contributed by atoms with Crippen molar-refractivity contribution in [2.75, 3.05) is 0 Å². The summed E-state index contributed by atoms with van der Waals surface area (Å²) in [6.07, 6.45) is 1.61. The summed E-state index contributed by atoms with van der Waals surface area (Å²) >= 11 is 2.40. The van der Waals surface area contributed by atoms with Crippen LogP contribution in [0.1, 0.15) is 0 Å². The van der Waals surface area contributed by atoms with Crippen LogP contribution in [0, 0.1) is 0 Å². The van der Waals surface area contributed by atoms with Gasteiger partial charge in [0.1, 0.15) is 0 Å². The summed E-state index contributed by atoms with van der Waals surface area (Å²) in [6.45, 7) is 0. The maximum Gasteiger partial charge on any atom is 0.282 e. The Morgan fingerprint density at radius 2 is 2.67 bits per heavy atom. The predicted octanol–water partition coefficient (Wildman–Crippen LogP) is 1.31. The predicted molar refractivity (Wildman–Crippen MR) is 37.6 cm³/mol. The molecule has 0 aromatic carbocycles. The minimum absolute atomic E-state index is 0.390. The Morgan fingerprint density at radius 3 is 3.11 bits per heavy atom. The lowest BCUT2D eigenvalue weighted by Crippen LogP contribution is -2.00. The van der Waals surface area contributed by atoms with Gasteiger partial charge in [-0.2, -0.15) is 0 Å². The molecule has 1 heterocycles. The molecule has 1 aromatic heterocycles. The summed E-state index contributed by atoms with van der Waals surface area (Å²) in [5, 5.41) is -0.390. The maximum absolute atomic E-state index is 10.2. The Balaban J connectivity index is 2.58. The van der Waals surface area contributed by atoms with Crippen molar-refractivity contribution in [3.8, 4) is 0 Å². The molecule has 0 saturated heterocycles. The number of thiazole rings is 1. The minimum Gasteiger partial charge on any atom is -0.360 e. The van der Waals surface area contributed by atoms with Crippen LogP contribution in [0.5, 0.6) is 0 Å². The molecule has 1 aromatic rings. The number of hydrogen-bond donors (Lipinski definition) is 1. The summed E-state index contributed by atoms with van der Waals surface area (Å²) in [7, 11) is 0. The van der Waals surface area contributed by atoms with Crippen LogP contribution in [0.25, 0.3) is 0 Å². The Morgan fingerprint density at radius 1 is 1.89 bits per heavy atom. The van der Waals surface area contributed by atoms with Gasteiger partial charge in [-0.3, -0.25) is 9.78 Å². The van der Waals surface area contributed by atoms with Gasteiger partial charge in [0.05, 0.1) is 15.9 Å². The normalized spacial score (nSPS) is 9.33. The summed E-state index contributed by atoms with van der Waals surface area (Å²) < 4.78 is 0.836. The van der Waals surface area contributed by atoms with E-state index in [4.69, 9.17) is 5.73 Å². The highest BCUT2D eigenvalue weighted by molar-refractivity contribution is 8.14. The second kappa shape index (κ2) is 2.84. The number of rotatable bonds is 1. The average molecular weight is 160 g/mol. The molecule has 3 nitrogen and oxygen atoms in total. The standard InChI is InChI=1S/C4H4N2OS2/c5-4(7)9-3-1-6-2-8-3/h1-2H,(H2,5,7). The van der Waals surface area contributed by atoms with Crippen LogP contribution >= 0.6 is 23.1 Å². The van der Waals surface area contributed by atoms with Crippen molar-refractivity contribution in [1.82, 2.24) is 4.98 Å². The first-order valence-electron chi connectivity index (χ1n) is 2.15. The molecular formula is C4H4N2OS2. The van der Waals surface area contributed by atoms with Gasteiger partial charge in [0.15, 0.2) is 0 Å². The Hall–Kier alpha value is -0.550. The molecular weight excluding hydrogens is 156 g/mol. The molecule has 0 fully saturated rings. The van der Waals surface area contributed by atoms with Crippen LogP contribution in [-0.4, -0.2) is 10.2 Å². The fourth-order valence-corrected chi connectivity index (χ4v) is 1.58. The summed E-state index contributed by atoms with van der Waals surface area (Å²) in [5.74, 6) is 0. The molecule has 5 heteroatoms. The van der Waals surface area contributed by atoms with Gasteiger partial charge < -0.3 is 5.73 Å². The smallest absolute Gasteiger partial charge is 0.282 e. The first-order chi connectivity index (χ1) is 4.29. The molecule has 0 spiro atoms. The molecule has 0 aliphatic heterocycles. The molecule has 0 aliphatic carbocycles. The van der Waals surface area contributed by atoms with Gasteiger partial charge in [-0.05, 0) is 11.8 Å². The Kier molecular flexibility index (Phi) is 2.07. The fraction of sp³-hybridized carbons (Fsp3) is 0. The Bertz CT molecular complexity index is 196. The second-order valence-corrected chi connectivity index (χ2v) is 3.43. The van der Waals surface area contributed by atoms with Crippen LogP contribution in [0.15, 0.2) is 15.9 Å². The van der Waals surface area contributed by atoms with Gasteiger partial charge in [-0.1, -0.05) is 0 Å². The van der Waals surface area contributed by atoms with E-state index in [1.54, 1.807) is 11.7 Å². The summed E-state index contributed by atoms with van der Waals surface area (Å²) in [6, 6.07) is 0. The van der Waals surface area contributed by atoms with Crippen molar-refractivity contribution in [1.29, 1.82) is 0 Å². The molecule has 0 atom stereocenters. The van der Waals surface area contributed by atoms with Gasteiger partial charge in [-0.25, -0.2) is 0 Å². The molecule has 9 heavy (non-hydrogen) atoms. The summed E-state index contributed by atoms with van der Waals surface area (Å²) in [4.78, 5) is 14.0. The number of amides is 1. The van der Waals surface area contributed by atoms with Gasteiger partial charge >= 0.3 is 0 Å². The van der Waals surface area contributed by atoms with Crippen molar-refractivity contribution >= 4 is 28.3 Å². The lowest BCUT2D eigenvalue weighted by Gasteiger charge is -1.84. The van der Waals surface area contributed by atoms with E-state index in [2.05, 4.69) is 4.98 Å². The highest BCUT2D eigenvalue weighted by atomic mass is 32.2. The van der Waals surface area contributed by atoms with Crippen molar-refractivity contribution in [3.63, 3.8) is 0 Å². The van der Waals surface area contributed by atoms with E-state index in [1.807, 2.05) is 0 Å². The lowest BCUT2D eigenvalue weighted by atomic mass is 11.0. The van der Waals surface area contributed by atoms with Crippen LogP contribution in [0.2, 0.25) is 0 Å². The molecule has 48 valence electrons. The van der Waals surface area contributed by atoms with Crippen molar-refractivity contribution < 1.29 is 4.79 Å². The SMILES string of the molecule is NC(=O)Sc1cncs1. The maximum atomic E-state index is 10.2.